The molecule has 0 N–H and O–H groups in total. The first-order chi connectivity index (χ1) is 7.58. The molecule has 0 aromatic heterocycles. The highest BCUT2D eigenvalue weighted by Gasteiger charge is 2.43. The van der Waals surface area contributed by atoms with Crippen molar-refractivity contribution in [2.24, 2.45) is 5.41 Å². The molecule has 1 unspecified atom stereocenters. The smallest absolute Gasteiger partial charge is 0.223 e. The van der Waals surface area contributed by atoms with Gasteiger partial charge in [0, 0.05) is 25.3 Å². The molecular formula is C12H23NOS2. The van der Waals surface area contributed by atoms with Gasteiger partial charge in [-0.25, -0.2) is 0 Å². The molecule has 0 saturated heterocycles. The molecule has 1 aliphatic carbocycles. The largest absolute Gasteiger partial charge is 0.342 e. The summed E-state index contributed by atoms with van der Waals surface area (Å²) < 4.78 is 0. The van der Waals surface area contributed by atoms with Crippen LogP contribution in [0.25, 0.3) is 0 Å². The van der Waals surface area contributed by atoms with Crippen molar-refractivity contribution in [1.29, 1.82) is 0 Å². The van der Waals surface area contributed by atoms with Gasteiger partial charge in [0.05, 0.1) is 0 Å². The van der Waals surface area contributed by atoms with Crippen molar-refractivity contribution >= 4 is 30.3 Å². The lowest BCUT2D eigenvalue weighted by molar-refractivity contribution is -0.132. The Morgan fingerprint density at radius 2 is 2.19 bits per heavy atom. The lowest BCUT2D eigenvalue weighted by Gasteiger charge is -2.28. The van der Waals surface area contributed by atoms with Crippen LogP contribution in [0, 0.1) is 5.41 Å². The summed E-state index contributed by atoms with van der Waals surface area (Å²) >= 11 is 6.16. The highest BCUT2D eigenvalue weighted by molar-refractivity contribution is 7.98. The average Bonchev–Trinajstić information content (AvgIpc) is 3.05. The number of thioether (sulfide) groups is 1. The number of hydrogen-bond acceptors (Lipinski definition) is 3. The summed E-state index contributed by atoms with van der Waals surface area (Å²) in [7, 11) is 1.95. The maximum absolute atomic E-state index is 12.1. The van der Waals surface area contributed by atoms with Crippen LogP contribution in [-0.4, -0.2) is 41.7 Å². The van der Waals surface area contributed by atoms with Gasteiger partial charge in [0.25, 0.3) is 0 Å². The van der Waals surface area contributed by atoms with E-state index in [2.05, 4.69) is 25.8 Å². The molecular weight excluding hydrogens is 238 g/mol. The van der Waals surface area contributed by atoms with E-state index < -0.39 is 0 Å². The molecule has 1 rings (SSSR count). The predicted molar refractivity (Wildman–Crippen MR) is 75.4 cm³/mol. The highest BCUT2D eigenvalue weighted by Crippen LogP contribution is 2.49. The molecule has 4 heteroatoms. The summed E-state index contributed by atoms with van der Waals surface area (Å²) in [6.45, 7) is 2.15. The van der Waals surface area contributed by atoms with Crippen molar-refractivity contribution in [2.45, 2.75) is 38.6 Å². The van der Waals surface area contributed by atoms with Gasteiger partial charge in [-0.2, -0.15) is 24.4 Å². The zero-order valence-corrected chi connectivity index (χ0v) is 12.2. The molecule has 1 fully saturated rings. The lowest BCUT2D eigenvalue weighted by Crippen LogP contribution is -2.39. The quantitative estimate of drug-likeness (QED) is 0.711. The predicted octanol–water partition coefficient (Wildman–Crippen LogP) is 2.69. The molecule has 0 bridgehead atoms. The molecule has 0 aliphatic heterocycles. The topological polar surface area (TPSA) is 20.3 Å². The van der Waals surface area contributed by atoms with Gasteiger partial charge in [0.2, 0.25) is 5.91 Å². The Balaban J connectivity index is 2.45. The third kappa shape index (κ3) is 3.59. The number of hydrogen-bond donors (Lipinski definition) is 1. The monoisotopic (exact) mass is 261 g/mol. The lowest BCUT2D eigenvalue weighted by atomic mass is 10.0. The van der Waals surface area contributed by atoms with E-state index in [4.69, 9.17) is 0 Å². The Labute approximate surface area is 109 Å². The maximum atomic E-state index is 12.1. The molecule has 0 spiro atoms. The number of carbonyl (C=O) groups is 1. The minimum absolute atomic E-state index is 0.242. The Kier molecular flexibility index (Phi) is 5.51. The van der Waals surface area contributed by atoms with Gasteiger partial charge in [0.1, 0.15) is 0 Å². The minimum atomic E-state index is 0.242. The van der Waals surface area contributed by atoms with E-state index >= 15 is 0 Å². The molecule has 0 radical (unpaired) electrons. The van der Waals surface area contributed by atoms with Crippen molar-refractivity contribution in [3.63, 3.8) is 0 Å². The summed E-state index contributed by atoms with van der Waals surface area (Å²) in [4.78, 5) is 14.1. The van der Waals surface area contributed by atoms with Gasteiger partial charge in [-0.1, -0.05) is 6.92 Å². The molecule has 1 aliphatic rings. The van der Waals surface area contributed by atoms with Crippen LogP contribution < -0.4 is 0 Å². The van der Waals surface area contributed by atoms with Crippen LogP contribution >= 0.6 is 24.4 Å². The third-order valence-corrected chi connectivity index (χ3v) is 4.98. The number of thiol groups is 1. The molecule has 0 aromatic rings. The minimum Gasteiger partial charge on any atom is -0.342 e. The van der Waals surface area contributed by atoms with Gasteiger partial charge >= 0.3 is 0 Å². The number of amides is 1. The van der Waals surface area contributed by atoms with Crippen molar-refractivity contribution in [3.8, 4) is 0 Å². The summed E-state index contributed by atoms with van der Waals surface area (Å²) in [5, 5.41) is 0. The summed E-state index contributed by atoms with van der Waals surface area (Å²) in [6, 6.07) is 0.387. The van der Waals surface area contributed by atoms with Crippen LogP contribution in [-0.2, 0) is 4.79 Å². The van der Waals surface area contributed by atoms with Crippen molar-refractivity contribution < 1.29 is 4.79 Å². The van der Waals surface area contributed by atoms with Gasteiger partial charge in [0.15, 0.2) is 0 Å². The molecule has 16 heavy (non-hydrogen) atoms. The molecule has 0 heterocycles. The molecule has 0 aromatic carbocycles. The second-order valence-corrected chi connectivity index (χ2v) is 6.08. The molecule has 2 nitrogen and oxygen atoms in total. The van der Waals surface area contributed by atoms with Crippen LogP contribution in [0.3, 0.4) is 0 Å². The Morgan fingerprint density at radius 1 is 1.56 bits per heavy atom. The average molecular weight is 261 g/mol. The SMILES string of the molecule is CCC(CSC)N(C)C(=O)CC1(CS)CC1. The van der Waals surface area contributed by atoms with E-state index in [-0.39, 0.29) is 5.41 Å². The Bertz CT molecular complexity index is 241. The molecule has 1 atom stereocenters. The third-order valence-electron chi connectivity index (χ3n) is 3.59. The van der Waals surface area contributed by atoms with Gasteiger partial charge in [-0.3, -0.25) is 4.79 Å². The number of carbonyl (C=O) groups excluding carboxylic acids is 1. The maximum Gasteiger partial charge on any atom is 0.223 e. The first-order valence-electron chi connectivity index (χ1n) is 5.94. The second kappa shape index (κ2) is 6.20. The Hall–Kier alpha value is 0.170. The van der Waals surface area contributed by atoms with Crippen molar-refractivity contribution in [2.75, 3.05) is 24.8 Å². The fraction of sp³-hybridized carbons (Fsp3) is 0.917. The highest BCUT2D eigenvalue weighted by atomic mass is 32.2. The Morgan fingerprint density at radius 3 is 2.56 bits per heavy atom. The van der Waals surface area contributed by atoms with E-state index in [0.29, 0.717) is 18.4 Å². The first-order valence-corrected chi connectivity index (χ1v) is 7.96. The van der Waals surface area contributed by atoms with E-state index in [1.54, 1.807) is 0 Å². The van der Waals surface area contributed by atoms with E-state index in [9.17, 15) is 4.79 Å². The fourth-order valence-corrected chi connectivity index (χ4v) is 3.18. The van der Waals surface area contributed by atoms with Crippen molar-refractivity contribution in [1.82, 2.24) is 4.90 Å². The van der Waals surface area contributed by atoms with E-state index in [1.807, 2.05) is 23.7 Å². The van der Waals surface area contributed by atoms with Crippen LogP contribution in [0.5, 0.6) is 0 Å². The van der Waals surface area contributed by atoms with Gasteiger partial charge in [-0.15, -0.1) is 0 Å². The molecule has 1 amide bonds. The zero-order chi connectivity index (χ0) is 12.2. The summed E-state index contributed by atoms with van der Waals surface area (Å²) in [5.41, 5.74) is 0.242. The fourth-order valence-electron chi connectivity index (χ4n) is 1.91. The van der Waals surface area contributed by atoms with Crippen molar-refractivity contribution in [3.05, 3.63) is 0 Å². The number of rotatable bonds is 7. The molecule has 94 valence electrons. The standard InChI is InChI=1S/C12H23NOS2/c1-4-10(8-16-3)13(2)11(14)7-12(9-15)5-6-12/h10,15H,4-9H2,1-3H3. The number of nitrogens with zero attached hydrogens (tertiary/aromatic N) is 1. The van der Waals surface area contributed by atoms with Crippen LogP contribution in [0.2, 0.25) is 0 Å². The van der Waals surface area contributed by atoms with Gasteiger partial charge in [-0.05, 0) is 36.7 Å². The first kappa shape index (κ1) is 14.2. The summed E-state index contributed by atoms with van der Waals surface area (Å²) in [5.74, 6) is 2.19. The normalized spacial score (nSPS) is 19.2. The summed E-state index contributed by atoms with van der Waals surface area (Å²) in [6.07, 6.45) is 6.18. The van der Waals surface area contributed by atoms with Gasteiger partial charge < -0.3 is 4.90 Å². The zero-order valence-electron chi connectivity index (χ0n) is 10.5. The van der Waals surface area contributed by atoms with E-state index in [1.165, 1.54) is 12.8 Å². The van der Waals surface area contributed by atoms with Crippen LogP contribution in [0.15, 0.2) is 0 Å². The van der Waals surface area contributed by atoms with E-state index in [0.717, 1.165) is 17.9 Å². The second-order valence-electron chi connectivity index (χ2n) is 4.86. The van der Waals surface area contributed by atoms with Crippen LogP contribution in [0.4, 0.5) is 0 Å². The van der Waals surface area contributed by atoms with Crippen LogP contribution in [0.1, 0.15) is 32.6 Å². The molecule has 1 saturated carbocycles.